The summed E-state index contributed by atoms with van der Waals surface area (Å²) in [5, 5.41) is 0. The third-order valence-electron chi connectivity index (χ3n) is 3.41. The standard InChI is InChI=1S/C14H18BrNO/c1-11(12-5-7-13(15)8-6-12)14(17)16-9-3-2-4-10-16/h5-8,11H,2-4,9-10H2,1H3. The summed E-state index contributed by atoms with van der Waals surface area (Å²) in [6.07, 6.45) is 3.56. The number of carbonyl (C=O) groups excluding carboxylic acids is 1. The summed E-state index contributed by atoms with van der Waals surface area (Å²) in [5.74, 6) is 0.244. The number of rotatable bonds is 2. The second-order valence-corrected chi connectivity index (χ2v) is 5.57. The Kier molecular flexibility index (Phi) is 4.21. The topological polar surface area (TPSA) is 20.3 Å². The lowest BCUT2D eigenvalue weighted by Gasteiger charge is -2.29. The minimum atomic E-state index is -0.0267. The van der Waals surface area contributed by atoms with Crippen LogP contribution >= 0.6 is 15.9 Å². The quantitative estimate of drug-likeness (QED) is 0.817. The lowest BCUT2D eigenvalue weighted by molar-refractivity contribution is -0.133. The van der Waals surface area contributed by atoms with Gasteiger partial charge in [0.1, 0.15) is 0 Å². The van der Waals surface area contributed by atoms with Gasteiger partial charge in [-0.1, -0.05) is 28.1 Å². The lowest BCUT2D eigenvalue weighted by Crippen LogP contribution is -2.38. The van der Waals surface area contributed by atoms with E-state index in [-0.39, 0.29) is 11.8 Å². The van der Waals surface area contributed by atoms with Gasteiger partial charge in [0.15, 0.2) is 0 Å². The molecule has 0 saturated carbocycles. The summed E-state index contributed by atoms with van der Waals surface area (Å²) < 4.78 is 1.05. The fraction of sp³-hybridized carbons (Fsp3) is 0.500. The second kappa shape index (κ2) is 5.67. The zero-order valence-corrected chi connectivity index (χ0v) is 11.7. The predicted octanol–water partition coefficient (Wildman–Crippen LogP) is 3.57. The number of halogens is 1. The van der Waals surface area contributed by atoms with Crippen molar-refractivity contribution in [3.8, 4) is 0 Å². The molecule has 1 aliphatic rings. The highest BCUT2D eigenvalue weighted by Crippen LogP contribution is 2.22. The summed E-state index contributed by atoms with van der Waals surface area (Å²) in [7, 11) is 0. The van der Waals surface area contributed by atoms with Crippen molar-refractivity contribution in [1.29, 1.82) is 0 Å². The number of likely N-dealkylation sites (tertiary alicyclic amines) is 1. The van der Waals surface area contributed by atoms with Crippen molar-refractivity contribution in [3.63, 3.8) is 0 Å². The van der Waals surface area contributed by atoms with Crippen LogP contribution in [0.25, 0.3) is 0 Å². The molecule has 1 amide bonds. The number of nitrogens with zero attached hydrogens (tertiary/aromatic N) is 1. The molecular weight excluding hydrogens is 278 g/mol. The Balaban J connectivity index is 2.05. The molecule has 2 nitrogen and oxygen atoms in total. The largest absolute Gasteiger partial charge is 0.342 e. The Morgan fingerprint density at radius 1 is 1.18 bits per heavy atom. The van der Waals surface area contributed by atoms with Gasteiger partial charge in [0.05, 0.1) is 5.92 Å². The first-order valence-corrected chi connectivity index (χ1v) is 7.02. The molecular formula is C14H18BrNO. The normalized spacial score (nSPS) is 17.9. The number of carbonyl (C=O) groups is 1. The maximum absolute atomic E-state index is 12.3. The fourth-order valence-corrected chi connectivity index (χ4v) is 2.55. The van der Waals surface area contributed by atoms with Gasteiger partial charge in [-0.05, 0) is 43.9 Å². The molecule has 1 atom stereocenters. The number of hydrogen-bond donors (Lipinski definition) is 0. The van der Waals surface area contributed by atoms with Crippen molar-refractivity contribution < 1.29 is 4.79 Å². The molecule has 1 unspecified atom stereocenters. The number of piperidine rings is 1. The molecule has 0 aromatic heterocycles. The van der Waals surface area contributed by atoms with Crippen LogP contribution in [0.1, 0.15) is 37.7 Å². The molecule has 0 N–H and O–H groups in total. The Morgan fingerprint density at radius 2 is 1.76 bits per heavy atom. The van der Waals surface area contributed by atoms with Crippen LogP contribution in [-0.4, -0.2) is 23.9 Å². The molecule has 1 fully saturated rings. The van der Waals surface area contributed by atoms with Gasteiger partial charge in [0.25, 0.3) is 0 Å². The maximum atomic E-state index is 12.3. The Hall–Kier alpha value is -0.830. The zero-order chi connectivity index (χ0) is 12.3. The van der Waals surface area contributed by atoms with Crippen LogP contribution in [0.15, 0.2) is 28.7 Å². The van der Waals surface area contributed by atoms with Gasteiger partial charge in [0.2, 0.25) is 5.91 Å². The Bertz CT molecular complexity index is 382. The van der Waals surface area contributed by atoms with Crippen molar-refractivity contribution in [2.45, 2.75) is 32.1 Å². The average Bonchev–Trinajstić information content (AvgIpc) is 2.39. The Labute approximate surface area is 111 Å². The highest BCUT2D eigenvalue weighted by molar-refractivity contribution is 9.10. The molecule has 2 rings (SSSR count). The van der Waals surface area contributed by atoms with Gasteiger partial charge in [-0.2, -0.15) is 0 Å². The van der Waals surface area contributed by atoms with Gasteiger partial charge < -0.3 is 4.90 Å². The zero-order valence-electron chi connectivity index (χ0n) is 10.2. The SMILES string of the molecule is CC(C(=O)N1CCCCC1)c1ccc(Br)cc1. The molecule has 1 aromatic carbocycles. The first-order chi connectivity index (χ1) is 8.18. The van der Waals surface area contributed by atoms with Crippen LogP contribution in [0.3, 0.4) is 0 Å². The molecule has 1 aliphatic heterocycles. The van der Waals surface area contributed by atoms with E-state index >= 15 is 0 Å². The van der Waals surface area contributed by atoms with Gasteiger partial charge in [-0.25, -0.2) is 0 Å². The van der Waals surface area contributed by atoms with Crippen molar-refractivity contribution in [1.82, 2.24) is 4.90 Å². The van der Waals surface area contributed by atoms with E-state index in [4.69, 9.17) is 0 Å². The fourth-order valence-electron chi connectivity index (χ4n) is 2.28. The van der Waals surface area contributed by atoms with E-state index in [0.29, 0.717) is 0 Å². The van der Waals surface area contributed by atoms with Gasteiger partial charge in [-0.3, -0.25) is 4.79 Å². The van der Waals surface area contributed by atoms with Crippen LogP contribution in [0, 0.1) is 0 Å². The lowest BCUT2D eigenvalue weighted by atomic mass is 9.98. The summed E-state index contributed by atoms with van der Waals surface area (Å²) >= 11 is 3.41. The van der Waals surface area contributed by atoms with Gasteiger partial charge in [-0.15, -0.1) is 0 Å². The number of amides is 1. The van der Waals surface area contributed by atoms with E-state index in [2.05, 4.69) is 15.9 Å². The summed E-state index contributed by atoms with van der Waals surface area (Å²) in [6.45, 7) is 3.86. The highest BCUT2D eigenvalue weighted by Gasteiger charge is 2.22. The molecule has 92 valence electrons. The summed E-state index contributed by atoms with van der Waals surface area (Å²) in [4.78, 5) is 14.3. The average molecular weight is 296 g/mol. The number of benzene rings is 1. The van der Waals surface area contributed by atoms with Crippen LogP contribution < -0.4 is 0 Å². The minimum Gasteiger partial charge on any atom is -0.342 e. The molecule has 1 aromatic rings. The highest BCUT2D eigenvalue weighted by atomic mass is 79.9. The monoisotopic (exact) mass is 295 g/mol. The van der Waals surface area contributed by atoms with Crippen molar-refractivity contribution in [2.24, 2.45) is 0 Å². The maximum Gasteiger partial charge on any atom is 0.229 e. The first kappa shape index (κ1) is 12.6. The summed E-state index contributed by atoms with van der Waals surface area (Å²) in [5.41, 5.74) is 1.10. The van der Waals surface area contributed by atoms with E-state index in [1.807, 2.05) is 36.1 Å². The first-order valence-electron chi connectivity index (χ1n) is 6.23. The molecule has 0 spiro atoms. The van der Waals surface area contributed by atoms with Crippen LogP contribution in [-0.2, 0) is 4.79 Å². The third-order valence-corrected chi connectivity index (χ3v) is 3.94. The van der Waals surface area contributed by atoms with Gasteiger partial charge in [0, 0.05) is 17.6 Å². The summed E-state index contributed by atoms with van der Waals surface area (Å²) in [6, 6.07) is 8.04. The Morgan fingerprint density at radius 3 is 2.35 bits per heavy atom. The van der Waals surface area contributed by atoms with Crippen molar-refractivity contribution in [2.75, 3.05) is 13.1 Å². The van der Waals surface area contributed by atoms with E-state index in [1.165, 1.54) is 6.42 Å². The van der Waals surface area contributed by atoms with E-state index < -0.39 is 0 Å². The predicted molar refractivity (Wildman–Crippen MR) is 73.0 cm³/mol. The van der Waals surface area contributed by atoms with Gasteiger partial charge >= 0.3 is 0 Å². The smallest absolute Gasteiger partial charge is 0.229 e. The second-order valence-electron chi connectivity index (χ2n) is 4.66. The number of hydrogen-bond acceptors (Lipinski definition) is 1. The van der Waals surface area contributed by atoms with Crippen molar-refractivity contribution in [3.05, 3.63) is 34.3 Å². The molecule has 1 saturated heterocycles. The van der Waals surface area contributed by atoms with Crippen molar-refractivity contribution >= 4 is 21.8 Å². The molecule has 17 heavy (non-hydrogen) atoms. The molecule has 0 bridgehead atoms. The van der Waals surface area contributed by atoms with E-state index in [0.717, 1.165) is 36.0 Å². The molecule has 3 heteroatoms. The molecule has 1 heterocycles. The van der Waals surface area contributed by atoms with E-state index in [1.54, 1.807) is 0 Å². The third kappa shape index (κ3) is 3.09. The molecule has 0 radical (unpaired) electrons. The van der Waals surface area contributed by atoms with Crippen LogP contribution in [0.4, 0.5) is 0 Å². The minimum absolute atomic E-state index is 0.0267. The van der Waals surface area contributed by atoms with Crippen LogP contribution in [0.5, 0.6) is 0 Å². The molecule has 0 aliphatic carbocycles. The van der Waals surface area contributed by atoms with Crippen LogP contribution in [0.2, 0.25) is 0 Å². The van der Waals surface area contributed by atoms with E-state index in [9.17, 15) is 4.79 Å².